The first-order valence-electron chi connectivity index (χ1n) is 7.81. The number of aromatic amines is 1. The lowest BCUT2D eigenvalue weighted by Crippen LogP contribution is -2.29. The van der Waals surface area contributed by atoms with E-state index in [9.17, 15) is 9.90 Å². The van der Waals surface area contributed by atoms with E-state index in [0.717, 1.165) is 5.69 Å². The van der Waals surface area contributed by atoms with Crippen LogP contribution in [-0.4, -0.2) is 42.0 Å². The van der Waals surface area contributed by atoms with Crippen molar-refractivity contribution in [2.45, 2.75) is 25.9 Å². The molecule has 1 heterocycles. The molecular formula is C17H22BrN3O4. The molecule has 1 aromatic carbocycles. The van der Waals surface area contributed by atoms with E-state index in [2.05, 4.69) is 31.4 Å². The number of amides is 1. The van der Waals surface area contributed by atoms with Gasteiger partial charge in [-0.1, -0.05) is 13.8 Å². The van der Waals surface area contributed by atoms with E-state index >= 15 is 0 Å². The topological polar surface area (TPSA) is 96.5 Å². The number of hydrogen-bond acceptors (Lipinski definition) is 5. The summed E-state index contributed by atoms with van der Waals surface area (Å²) in [4.78, 5) is 12.3. The van der Waals surface area contributed by atoms with Crippen molar-refractivity contribution >= 4 is 21.8 Å². The zero-order chi connectivity index (χ0) is 18.6. The summed E-state index contributed by atoms with van der Waals surface area (Å²) in [6, 6.07) is 5.12. The minimum absolute atomic E-state index is 0.0126. The number of nitrogens with zero attached hydrogens (tertiary/aromatic N) is 1. The molecule has 0 bridgehead atoms. The molecule has 1 atom stereocenters. The second-order valence-corrected chi connectivity index (χ2v) is 6.58. The van der Waals surface area contributed by atoms with E-state index in [1.807, 2.05) is 13.8 Å². The Morgan fingerprint density at radius 3 is 2.64 bits per heavy atom. The number of methoxy groups -OCH3 is 2. The fraction of sp³-hybridized carbons (Fsp3) is 0.412. The molecule has 7 nitrogen and oxygen atoms in total. The molecule has 3 N–H and O–H groups in total. The Morgan fingerprint density at radius 2 is 2.08 bits per heavy atom. The maximum atomic E-state index is 12.3. The number of H-pyrrole nitrogens is 1. The van der Waals surface area contributed by atoms with E-state index in [1.54, 1.807) is 25.3 Å². The average Bonchev–Trinajstić information content (AvgIpc) is 3.00. The van der Waals surface area contributed by atoms with Gasteiger partial charge in [0.2, 0.25) is 0 Å². The van der Waals surface area contributed by atoms with Gasteiger partial charge in [-0.3, -0.25) is 9.89 Å². The molecule has 0 saturated heterocycles. The Kier molecular flexibility index (Phi) is 6.44. The number of aromatic nitrogens is 2. The van der Waals surface area contributed by atoms with Gasteiger partial charge in [-0.2, -0.15) is 5.10 Å². The van der Waals surface area contributed by atoms with Crippen LogP contribution >= 0.6 is 15.9 Å². The zero-order valence-corrected chi connectivity index (χ0v) is 16.2. The first-order valence-corrected chi connectivity index (χ1v) is 8.60. The fourth-order valence-electron chi connectivity index (χ4n) is 2.36. The molecule has 25 heavy (non-hydrogen) atoms. The van der Waals surface area contributed by atoms with Gasteiger partial charge in [0, 0.05) is 12.1 Å². The fourth-order valence-corrected chi connectivity index (χ4v) is 3.17. The van der Waals surface area contributed by atoms with E-state index in [-0.39, 0.29) is 24.1 Å². The smallest absolute Gasteiger partial charge is 0.273 e. The number of aliphatic hydroxyl groups is 1. The van der Waals surface area contributed by atoms with Crippen LogP contribution in [-0.2, 0) is 0 Å². The first-order chi connectivity index (χ1) is 11.9. The summed E-state index contributed by atoms with van der Waals surface area (Å²) in [5.41, 5.74) is 1.64. The van der Waals surface area contributed by atoms with Gasteiger partial charge in [0.15, 0.2) is 5.69 Å². The predicted molar refractivity (Wildman–Crippen MR) is 97.2 cm³/mol. The number of aliphatic hydroxyl groups excluding tert-OH is 1. The summed E-state index contributed by atoms with van der Waals surface area (Å²) in [7, 11) is 3.06. The monoisotopic (exact) mass is 411 g/mol. The first kappa shape index (κ1) is 19.3. The van der Waals surface area contributed by atoms with Crippen LogP contribution in [0.15, 0.2) is 22.7 Å². The van der Waals surface area contributed by atoms with Crippen molar-refractivity contribution in [3.8, 4) is 11.5 Å². The van der Waals surface area contributed by atoms with Crippen LogP contribution in [0, 0.1) is 0 Å². The van der Waals surface area contributed by atoms with Crippen LogP contribution in [0.25, 0.3) is 0 Å². The molecule has 0 aliphatic carbocycles. The summed E-state index contributed by atoms with van der Waals surface area (Å²) < 4.78 is 11.1. The number of benzene rings is 1. The molecule has 0 aliphatic rings. The lowest BCUT2D eigenvalue weighted by Gasteiger charge is -2.16. The number of carbonyl (C=O) groups is 1. The van der Waals surface area contributed by atoms with Gasteiger partial charge >= 0.3 is 0 Å². The minimum atomic E-state index is -0.948. The van der Waals surface area contributed by atoms with Crippen LogP contribution < -0.4 is 14.8 Å². The van der Waals surface area contributed by atoms with Crippen LogP contribution in [0.4, 0.5) is 0 Å². The van der Waals surface area contributed by atoms with Gasteiger partial charge in [-0.25, -0.2) is 0 Å². The van der Waals surface area contributed by atoms with Crippen molar-refractivity contribution < 1.29 is 19.4 Å². The standard InChI is InChI=1S/C17H22BrN3O4/c1-9(2)15-14(18)16(21-20-15)17(23)19-8-12(22)11-7-10(24-3)5-6-13(11)25-4/h5-7,9,12,22H,8H2,1-4H3,(H,19,23)(H,20,21). The Hall–Kier alpha value is -2.06. The third-order valence-corrected chi connectivity index (χ3v) is 4.58. The highest BCUT2D eigenvalue weighted by Gasteiger charge is 2.21. The van der Waals surface area contributed by atoms with Crippen molar-refractivity contribution in [3.05, 3.63) is 39.6 Å². The van der Waals surface area contributed by atoms with Gasteiger partial charge in [-0.05, 0) is 40.0 Å². The molecule has 1 amide bonds. The van der Waals surface area contributed by atoms with E-state index in [4.69, 9.17) is 9.47 Å². The van der Waals surface area contributed by atoms with Crippen LogP contribution in [0.5, 0.6) is 11.5 Å². The summed E-state index contributed by atoms with van der Waals surface area (Å²) >= 11 is 3.39. The van der Waals surface area contributed by atoms with Crippen LogP contribution in [0.1, 0.15) is 47.6 Å². The summed E-state index contributed by atoms with van der Waals surface area (Å²) in [5, 5.41) is 20.0. The number of rotatable bonds is 7. The summed E-state index contributed by atoms with van der Waals surface area (Å²) in [6.45, 7) is 4.01. The van der Waals surface area contributed by atoms with Crippen molar-refractivity contribution in [2.24, 2.45) is 0 Å². The molecule has 136 valence electrons. The van der Waals surface area contributed by atoms with Crippen molar-refractivity contribution in [2.75, 3.05) is 20.8 Å². The predicted octanol–water partition coefficient (Wildman–Crippen LogP) is 2.78. The molecule has 0 spiro atoms. The molecule has 1 aromatic heterocycles. The minimum Gasteiger partial charge on any atom is -0.497 e. The molecule has 0 saturated carbocycles. The Morgan fingerprint density at radius 1 is 1.36 bits per heavy atom. The second kappa shape index (κ2) is 8.35. The summed E-state index contributed by atoms with van der Waals surface area (Å²) in [6.07, 6.45) is -0.948. The normalized spacial score (nSPS) is 12.1. The molecule has 2 rings (SSSR count). The Bertz CT molecular complexity index is 745. The number of carbonyl (C=O) groups excluding carboxylic acids is 1. The lowest BCUT2D eigenvalue weighted by atomic mass is 10.1. The molecular weight excluding hydrogens is 390 g/mol. The van der Waals surface area contributed by atoms with E-state index < -0.39 is 6.10 Å². The molecule has 0 aliphatic heterocycles. The average molecular weight is 412 g/mol. The van der Waals surface area contributed by atoms with Gasteiger partial charge in [-0.15, -0.1) is 0 Å². The maximum absolute atomic E-state index is 12.3. The quantitative estimate of drug-likeness (QED) is 0.650. The Labute approximate surface area is 154 Å². The molecule has 2 aromatic rings. The van der Waals surface area contributed by atoms with Crippen LogP contribution in [0.2, 0.25) is 0 Å². The Balaban J connectivity index is 2.09. The van der Waals surface area contributed by atoms with Gasteiger partial charge < -0.3 is 19.9 Å². The van der Waals surface area contributed by atoms with Crippen molar-refractivity contribution in [1.29, 1.82) is 0 Å². The summed E-state index contributed by atoms with van der Waals surface area (Å²) in [5.74, 6) is 0.939. The highest BCUT2D eigenvalue weighted by atomic mass is 79.9. The molecule has 1 unspecified atom stereocenters. The van der Waals surface area contributed by atoms with E-state index in [0.29, 0.717) is 21.5 Å². The van der Waals surface area contributed by atoms with Crippen molar-refractivity contribution in [1.82, 2.24) is 15.5 Å². The second-order valence-electron chi connectivity index (χ2n) is 5.79. The maximum Gasteiger partial charge on any atom is 0.273 e. The van der Waals surface area contributed by atoms with Gasteiger partial charge in [0.05, 0.1) is 24.4 Å². The largest absolute Gasteiger partial charge is 0.497 e. The highest BCUT2D eigenvalue weighted by molar-refractivity contribution is 9.10. The van der Waals surface area contributed by atoms with Gasteiger partial charge in [0.1, 0.15) is 17.6 Å². The third-order valence-electron chi connectivity index (χ3n) is 3.78. The zero-order valence-electron chi connectivity index (χ0n) is 14.6. The molecule has 8 heteroatoms. The number of ether oxygens (including phenoxy) is 2. The molecule has 0 fully saturated rings. The SMILES string of the molecule is COc1ccc(OC)c(C(O)CNC(=O)c2n[nH]c(C(C)C)c2Br)c1. The van der Waals surface area contributed by atoms with Crippen molar-refractivity contribution in [3.63, 3.8) is 0 Å². The number of nitrogens with one attached hydrogen (secondary N) is 2. The number of halogens is 1. The lowest BCUT2D eigenvalue weighted by molar-refractivity contribution is 0.0909. The highest BCUT2D eigenvalue weighted by Crippen LogP contribution is 2.29. The third kappa shape index (κ3) is 4.32. The number of hydrogen-bond donors (Lipinski definition) is 3. The van der Waals surface area contributed by atoms with Gasteiger partial charge in [0.25, 0.3) is 5.91 Å². The molecule has 0 radical (unpaired) electrons. The van der Waals surface area contributed by atoms with Crippen LogP contribution in [0.3, 0.4) is 0 Å². The van der Waals surface area contributed by atoms with E-state index in [1.165, 1.54) is 7.11 Å².